The highest BCUT2D eigenvalue weighted by Gasteiger charge is 2.13. The number of aliphatic hydroxyl groups is 1. The number of hydrogen-bond acceptors (Lipinski definition) is 4. The SMILES string of the molecule is COc1ccc(OC)c(C(O)C#N)c1. The van der Waals surface area contributed by atoms with Crippen molar-refractivity contribution in [3.8, 4) is 17.6 Å². The van der Waals surface area contributed by atoms with E-state index < -0.39 is 6.10 Å². The monoisotopic (exact) mass is 193 g/mol. The summed E-state index contributed by atoms with van der Waals surface area (Å²) in [6.45, 7) is 0. The van der Waals surface area contributed by atoms with E-state index in [1.54, 1.807) is 24.3 Å². The Morgan fingerprint density at radius 2 is 2.07 bits per heavy atom. The first-order valence-electron chi connectivity index (χ1n) is 4.02. The fourth-order valence-electron chi connectivity index (χ4n) is 1.12. The molecular weight excluding hydrogens is 182 g/mol. The molecule has 4 heteroatoms. The first-order valence-corrected chi connectivity index (χ1v) is 4.02. The smallest absolute Gasteiger partial charge is 0.169 e. The van der Waals surface area contributed by atoms with Crippen molar-refractivity contribution < 1.29 is 14.6 Å². The van der Waals surface area contributed by atoms with Gasteiger partial charge in [0.15, 0.2) is 6.10 Å². The zero-order valence-corrected chi connectivity index (χ0v) is 8.02. The Bertz CT molecular complexity index is 357. The molecule has 0 aliphatic rings. The van der Waals surface area contributed by atoms with Crippen LogP contribution in [0.25, 0.3) is 0 Å². The second kappa shape index (κ2) is 4.49. The molecule has 4 nitrogen and oxygen atoms in total. The Labute approximate surface area is 82.3 Å². The van der Waals surface area contributed by atoms with Crippen LogP contribution in [0.5, 0.6) is 11.5 Å². The minimum Gasteiger partial charge on any atom is -0.497 e. The van der Waals surface area contributed by atoms with Gasteiger partial charge in [-0.2, -0.15) is 5.26 Å². The van der Waals surface area contributed by atoms with Crippen molar-refractivity contribution in [1.29, 1.82) is 5.26 Å². The second-order valence-electron chi connectivity index (χ2n) is 2.64. The van der Waals surface area contributed by atoms with Crippen molar-refractivity contribution in [2.24, 2.45) is 0 Å². The van der Waals surface area contributed by atoms with Gasteiger partial charge in [0.1, 0.15) is 11.5 Å². The van der Waals surface area contributed by atoms with Crippen LogP contribution in [0.2, 0.25) is 0 Å². The lowest BCUT2D eigenvalue weighted by molar-refractivity contribution is 0.229. The maximum Gasteiger partial charge on any atom is 0.169 e. The van der Waals surface area contributed by atoms with Gasteiger partial charge >= 0.3 is 0 Å². The number of methoxy groups -OCH3 is 2. The molecule has 0 heterocycles. The lowest BCUT2D eigenvalue weighted by Crippen LogP contribution is -1.98. The molecule has 14 heavy (non-hydrogen) atoms. The predicted octanol–water partition coefficient (Wildman–Crippen LogP) is 1.26. The third-order valence-electron chi connectivity index (χ3n) is 1.85. The van der Waals surface area contributed by atoms with Crippen LogP contribution in [-0.4, -0.2) is 19.3 Å². The number of benzene rings is 1. The van der Waals surface area contributed by atoms with Crippen LogP contribution in [0.15, 0.2) is 18.2 Å². The van der Waals surface area contributed by atoms with Crippen LogP contribution in [0, 0.1) is 11.3 Å². The van der Waals surface area contributed by atoms with Crippen LogP contribution in [-0.2, 0) is 0 Å². The molecule has 0 aliphatic carbocycles. The van der Waals surface area contributed by atoms with Crippen LogP contribution in [0.4, 0.5) is 0 Å². The Balaban J connectivity index is 3.16. The van der Waals surface area contributed by atoms with Gasteiger partial charge in [-0.3, -0.25) is 0 Å². The van der Waals surface area contributed by atoms with Gasteiger partial charge in [0.25, 0.3) is 0 Å². The van der Waals surface area contributed by atoms with E-state index >= 15 is 0 Å². The quantitative estimate of drug-likeness (QED) is 0.734. The van der Waals surface area contributed by atoms with Gasteiger partial charge in [-0.1, -0.05) is 0 Å². The molecule has 0 aromatic heterocycles. The van der Waals surface area contributed by atoms with E-state index in [9.17, 15) is 5.11 Å². The summed E-state index contributed by atoms with van der Waals surface area (Å²) < 4.78 is 9.97. The molecule has 1 unspecified atom stereocenters. The first kappa shape index (κ1) is 10.4. The summed E-state index contributed by atoms with van der Waals surface area (Å²) in [6.07, 6.45) is -1.19. The standard InChI is InChI=1S/C10H11NO3/c1-13-7-3-4-10(14-2)8(5-7)9(12)6-11/h3-5,9,12H,1-2H3. The maximum absolute atomic E-state index is 9.36. The molecule has 0 radical (unpaired) electrons. The minimum atomic E-state index is -1.19. The molecule has 1 aromatic rings. The van der Waals surface area contributed by atoms with Gasteiger partial charge in [0.05, 0.1) is 20.3 Å². The fraction of sp³-hybridized carbons (Fsp3) is 0.300. The highest BCUT2D eigenvalue weighted by atomic mass is 16.5. The van der Waals surface area contributed by atoms with E-state index in [0.717, 1.165) is 0 Å². The lowest BCUT2D eigenvalue weighted by atomic mass is 10.1. The topological polar surface area (TPSA) is 62.5 Å². The number of rotatable bonds is 3. The van der Waals surface area contributed by atoms with Gasteiger partial charge in [0.2, 0.25) is 0 Å². The fourth-order valence-corrected chi connectivity index (χ4v) is 1.12. The van der Waals surface area contributed by atoms with Crippen molar-refractivity contribution in [3.63, 3.8) is 0 Å². The maximum atomic E-state index is 9.36. The summed E-state index contributed by atoms with van der Waals surface area (Å²) in [4.78, 5) is 0. The summed E-state index contributed by atoms with van der Waals surface area (Å²) in [5, 5.41) is 17.9. The van der Waals surface area contributed by atoms with Gasteiger partial charge in [0, 0.05) is 5.56 Å². The van der Waals surface area contributed by atoms with Crippen molar-refractivity contribution in [2.75, 3.05) is 14.2 Å². The average Bonchev–Trinajstić information content (AvgIpc) is 2.27. The van der Waals surface area contributed by atoms with E-state index in [2.05, 4.69) is 0 Å². The molecule has 74 valence electrons. The van der Waals surface area contributed by atoms with E-state index in [4.69, 9.17) is 14.7 Å². The molecule has 0 amide bonds. The zero-order valence-electron chi connectivity index (χ0n) is 8.02. The summed E-state index contributed by atoms with van der Waals surface area (Å²) in [5.74, 6) is 1.05. The highest BCUT2D eigenvalue weighted by molar-refractivity contribution is 5.43. The molecule has 0 bridgehead atoms. The average molecular weight is 193 g/mol. The molecule has 1 rings (SSSR count). The third kappa shape index (κ3) is 1.95. The normalized spacial score (nSPS) is 11.6. The molecule has 0 saturated carbocycles. The number of hydrogen-bond donors (Lipinski definition) is 1. The molecule has 0 spiro atoms. The van der Waals surface area contributed by atoms with Crippen molar-refractivity contribution in [2.45, 2.75) is 6.10 Å². The first-order chi connectivity index (χ1) is 6.72. The number of ether oxygens (including phenoxy) is 2. The van der Waals surface area contributed by atoms with Gasteiger partial charge in [-0.25, -0.2) is 0 Å². The van der Waals surface area contributed by atoms with E-state index in [0.29, 0.717) is 17.1 Å². The van der Waals surface area contributed by atoms with Gasteiger partial charge in [-0.15, -0.1) is 0 Å². The van der Waals surface area contributed by atoms with Gasteiger partial charge < -0.3 is 14.6 Å². The molecule has 0 fully saturated rings. The highest BCUT2D eigenvalue weighted by Crippen LogP contribution is 2.28. The summed E-state index contributed by atoms with van der Waals surface area (Å²) in [5.41, 5.74) is 0.411. The Morgan fingerprint density at radius 3 is 2.57 bits per heavy atom. The molecule has 1 N–H and O–H groups in total. The Kier molecular flexibility index (Phi) is 3.32. The number of nitrogens with zero attached hydrogens (tertiary/aromatic N) is 1. The van der Waals surface area contributed by atoms with Gasteiger partial charge in [-0.05, 0) is 18.2 Å². The van der Waals surface area contributed by atoms with Crippen LogP contribution in [0.3, 0.4) is 0 Å². The molecule has 0 saturated heterocycles. The van der Waals surface area contributed by atoms with Crippen molar-refractivity contribution in [1.82, 2.24) is 0 Å². The summed E-state index contributed by atoms with van der Waals surface area (Å²) in [6, 6.07) is 6.65. The van der Waals surface area contributed by atoms with Crippen LogP contribution < -0.4 is 9.47 Å². The predicted molar refractivity (Wildman–Crippen MR) is 50.1 cm³/mol. The summed E-state index contributed by atoms with van der Waals surface area (Å²) >= 11 is 0. The van der Waals surface area contributed by atoms with E-state index in [1.165, 1.54) is 14.2 Å². The van der Waals surface area contributed by atoms with E-state index in [-0.39, 0.29) is 0 Å². The molecular formula is C10H11NO3. The summed E-state index contributed by atoms with van der Waals surface area (Å²) in [7, 11) is 3.00. The number of aliphatic hydroxyl groups excluding tert-OH is 1. The van der Waals surface area contributed by atoms with Crippen molar-refractivity contribution >= 4 is 0 Å². The van der Waals surface area contributed by atoms with Crippen molar-refractivity contribution in [3.05, 3.63) is 23.8 Å². The van der Waals surface area contributed by atoms with Crippen LogP contribution in [0.1, 0.15) is 11.7 Å². The Hall–Kier alpha value is -1.73. The largest absolute Gasteiger partial charge is 0.497 e. The van der Waals surface area contributed by atoms with Crippen LogP contribution >= 0.6 is 0 Å². The number of nitriles is 1. The molecule has 1 atom stereocenters. The molecule has 0 aliphatic heterocycles. The zero-order chi connectivity index (χ0) is 10.6. The second-order valence-corrected chi connectivity index (χ2v) is 2.64. The molecule has 1 aromatic carbocycles. The lowest BCUT2D eigenvalue weighted by Gasteiger charge is -2.10. The minimum absolute atomic E-state index is 0.411. The third-order valence-corrected chi connectivity index (χ3v) is 1.85. The van der Waals surface area contributed by atoms with E-state index in [1.807, 2.05) is 0 Å². The Morgan fingerprint density at radius 1 is 1.36 bits per heavy atom.